The van der Waals surface area contributed by atoms with Gasteiger partial charge in [0.1, 0.15) is 0 Å². The fourth-order valence-corrected chi connectivity index (χ4v) is 4.38. The van der Waals surface area contributed by atoms with Crippen LogP contribution in [-0.2, 0) is 17.6 Å². The molecule has 0 atom stereocenters. The van der Waals surface area contributed by atoms with Crippen LogP contribution < -0.4 is 10.6 Å². The Balaban J connectivity index is 1.76. The lowest BCUT2D eigenvalue weighted by Crippen LogP contribution is -2.27. The minimum Gasteiger partial charge on any atom is -0.383 e. The second kappa shape index (κ2) is 8.47. The molecule has 1 aromatic carbocycles. The summed E-state index contributed by atoms with van der Waals surface area (Å²) >= 11 is 1.68. The number of benzene rings is 1. The minimum absolute atomic E-state index is 0.0931. The third-order valence-corrected chi connectivity index (χ3v) is 5.81. The Bertz CT molecular complexity index is 813. The number of anilines is 1. The van der Waals surface area contributed by atoms with Crippen molar-refractivity contribution in [2.24, 2.45) is 0 Å². The zero-order chi connectivity index (χ0) is 18.5. The van der Waals surface area contributed by atoms with Crippen LogP contribution in [0.1, 0.15) is 49.6 Å². The fraction of sp³-hybridized carbons (Fsp3) is 0.400. The van der Waals surface area contributed by atoms with Crippen LogP contribution in [0.4, 0.5) is 5.69 Å². The average molecular weight is 372 g/mol. The van der Waals surface area contributed by atoms with Crippen molar-refractivity contribution >= 4 is 28.8 Å². The summed E-state index contributed by atoms with van der Waals surface area (Å²) in [5.41, 5.74) is 3.97. The molecule has 138 valence electrons. The highest BCUT2D eigenvalue weighted by Gasteiger charge is 2.21. The van der Waals surface area contributed by atoms with Gasteiger partial charge in [-0.05, 0) is 55.9 Å². The number of fused-ring (bicyclic) bond motifs is 1. The lowest BCUT2D eigenvalue weighted by Gasteiger charge is -2.15. The van der Waals surface area contributed by atoms with Gasteiger partial charge in [0.05, 0.1) is 12.2 Å². The smallest absolute Gasteiger partial charge is 0.256 e. The number of rotatable bonds is 6. The number of thiophene rings is 1. The average Bonchev–Trinajstić information content (AvgIpc) is 3.08. The fourth-order valence-electron chi connectivity index (χ4n) is 3.25. The van der Waals surface area contributed by atoms with Gasteiger partial charge in [-0.3, -0.25) is 9.59 Å². The highest BCUT2D eigenvalue weighted by molar-refractivity contribution is 7.10. The number of ether oxygens (including phenoxy) is 1. The van der Waals surface area contributed by atoms with Gasteiger partial charge in [-0.1, -0.05) is 6.07 Å². The molecule has 3 rings (SSSR count). The third-order valence-electron chi connectivity index (χ3n) is 4.72. The molecule has 1 aliphatic rings. The first-order chi connectivity index (χ1) is 12.6. The van der Waals surface area contributed by atoms with Gasteiger partial charge >= 0.3 is 0 Å². The van der Waals surface area contributed by atoms with E-state index in [2.05, 4.69) is 10.6 Å². The molecule has 0 radical (unpaired) electrons. The molecule has 0 saturated heterocycles. The molecule has 2 aromatic rings. The molecule has 6 heteroatoms. The van der Waals surface area contributed by atoms with Crippen LogP contribution in [0.3, 0.4) is 0 Å². The number of hydrogen-bond donors (Lipinski definition) is 2. The van der Waals surface area contributed by atoms with E-state index in [-0.39, 0.29) is 11.8 Å². The first-order valence-electron chi connectivity index (χ1n) is 8.89. The number of methoxy groups -OCH3 is 1. The van der Waals surface area contributed by atoms with Crippen LogP contribution in [0.5, 0.6) is 0 Å². The van der Waals surface area contributed by atoms with Crippen LogP contribution >= 0.6 is 11.3 Å². The molecule has 2 amide bonds. The molecule has 5 nitrogen and oxygen atoms in total. The molecule has 2 N–H and O–H groups in total. The van der Waals surface area contributed by atoms with Crippen molar-refractivity contribution in [1.82, 2.24) is 5.32 Å². The summed E-state index contributed by atoms with van der Waals surface area (Å²) in [7, 11) is 1.59. The normalized spacial score (nSPS) is 13.2. The van der Waals surface area contributed by atoms with Crippen molar-refractivity contribution < 1.29 is 14.3 Å². The van der Waals surface area contributed by atoms with Gasteiger partial charge in [-0.25, -0.2) is 0 Å². The summed E-state index contributed by atoms with van der Waals surface area (Å²) in [6.07, 6.45) is 4.39. The lowest BCUT2D eigenvalue weighted by molar-refractivity contribution is 0.0935. The number of nitrogens with one attached hydrogen (secondary N) is 2. The van der Waals surface area contributed by atoms with Gasteiger partial charge in [0, 0.05) is 35.2 Å². The molecule has 0 bridgehead atoms. The van der Waals surface area contributed by atoms with Crippen molar-refractivity contribution in [3.8, 4) is 0 Å². The van der Waals surface area contributed by atoms with Crippen molar-refractivity contribution in [2.75, 3.05) is 25.6 Å². The van der Waals surface area contributed by atoms with E-state index < -0.39 is 0 Å². The number of carbonyl (C=O) groups is 2. The Morgan fingerprint density at radius 2 is 1.96 bits per heavy atom. The Kier molecular flexibility index (Phi) is 6.06. The zero-order valence-corrected chi connectivity index (χ0v) is 16.0. The van der Waals surface area contributed by atoms with Crippen LogP contribution in [0.25, 0.3) is 0 Å². The van der Waals surface area contributed by atoms with Crippen molar-refractivity contribution in [3.05, 3.63) is 50.7 Å². The van der Waals surface area contributed by atoms with E-state index in [1.165, 1.54) is 16.9 Å². The van der Waals surface area contributed by atoms with Crippen molar-refractivity contribution in [1.29, 1.82) is 0 Å². The molecule has 0 saturated carbocycles. The van der Waals surface area contributed by atoms with Gasteiger partial charge in [-0.15, -0.1) is 11.3 Å². The van der Waals surface area contributed by atoms with Crippen LogP contribution in [-0.4, -0.2) is 32.1 Å². The monoisotopic (exact) mass is 372 g/mol. The molecular weight excluding hydrogens is 348 g/mol. The van der Waals surface area contributed by atoms with E-state index in [1.807, 2.05) is 18.4 Å². The quantitative estimate of drug-likeness (QED) is 0.762. The summed E-state index contributed by atoms with van der Waals surface area (Å²) in [5, 5.41) is 7.76. The predicted octanol–water partition coefficient (Wildman–Crippen LogP) is 3.56. The molecule has 1 aliphatic carbocycles. The van der Waals surface area contributed by atoms with Gasteiger partial charge in [0.25, 0.3) is 11.8 Å². The topological polar surface area (TPSA) is 67.4 Å². The van der Waals surface area contributed by atoms with Crippen LogP contribution in [0.15, 0.2) is 23.6 Å². The number of hydrogen-bond acceptors (Lipinski definition) is 4. The highest BCUT2D eigenvalue weighted by Crippen LogP contribution is 2.31. The van der Waals surface area contributed by atoms with Crippen LogP contribution in [0.2, 0.25) is 0 Å². The Morgan fingerprint density at radius 1 is 1.15 bits per heavy atom. The molecule has 0 fully saturated rings. The van der Waals surface area contributed by atoms with Gasteiger partial charge in [0.2, 0.25) is 0 Å². The molecule has 0 aliphatic heterocycles. The summed E-state index contributed by atoms with van der Waals surface area (Å²) < 4.78 is 4.95. The zero-order valence-electron chi connectivity index (χ0n) is 15.2. The summed E-state index contributed by atoms with van der Waals surface area (Å²) in [5.74, 6) is -0.256. The van der Waals surface area contributed by atoms with Gasteiger partial charge in [-0.2, -0.15) is 0 Å². The maximum absolute atomic E-state index is 12.8. The standard InChI is InChI=1S/C20H24N2O3S/c1-13-14(19(23)21-10-11-25-2)7-5-8-17(13)22-20(24)16-12-26-18-9-4-3-6-15(16)18/h5,7-8,12H,3-4,6,9-11H2,1-2H3,(H,21,23)(H,22,24). The second-order valence-corrected chi connectivity index (χ2v) is 7.40. The van der Waals surface area contributed by atoms with Gasteiger partial charge in [0.15, 0.2) is 0 Å². The van der Waals surface area contributed by atoms with E-state index in [0.717, 1.165) is 30.4 Å². The summed E-state index contributed by atoms with van der Waals surface area (Å²) in [4.78, 5) is 26.4. The molecule has 0 spiro atoms. The molecule has 26 heavy (non-hydrogen) atoms. The van der Waals surface area contributed by atoms with E-state index >= 15 is 0 Å². The van der Waals surface area contributed by atoms with Crippen molar-refractivity contribution in [3.63, 3.8) is 0 Å². The highest BCUT2D eigenvalue weighted by atomic mass is 32.1. The molecule has 1 heterocycles. The van der Waals surface area contributed by atoms with E-state index in [0.29, 0.717) is 24.4 Å². The molecule has 1 aromatic heterocycles. The maximum atomic E-state index is 12.8. The van der Waals surface area contributed by atoms with E-state index in [9.17, 15) is 9.59 Å². The maximum Gasteiger partial charge on any atom is 0.256 e. The number of aryl methyl sites for hydroxylation is 1. The summed E-state index contributed by atoms with van der Waals surface area (Å²) in [6.45, 7) is 2.76. The van der Waals surface area contributed by atoms with Crippen LogP contribution in [0, 0.1) is 6.92 Å². The predicted molar refractivity (Wildman–Crippen MR) is 104 cm³/mol. The number of amides is 2. The first-order valence-corrected chi connectivity index (χ1v) is 9.77. The van der Waals surface area contributed by atoms with E-state index in [1.54, 1.807) is 30.6 Å². The lowest BCUT2D eigenvalue weighted by atomic mass is 9.95. The van der Waals surface area contributed by atoms with Crippen molar-refractivity contribution in [2.45, 2.75) is 32.6 Å². The Hall–Kier alpha value is -2.18. The SMILES string of the molecule is COCCNC(=O)c1cccc(NC(=O)c2csc3c2CCCC3)c1C. The number of carbonyl (C=O) groups excluding carboxylic acids is 2. The first kappa shape index (κ1) is 18.6. The Labute approximate surface area is 157 Å². The summed E-state index contributed by atoms with van der Waals surface area (Å²) in [6, 6.07) is 5.38. The largest absolute Gasteiger partial charge is 0.383 e. The Morgan fingerprint density at radius 3 is 2.77 bits per heavy atom. The van der Waals surface area contributed by atoms with E-state index in [4.69, 9.17) is 4.74 Å². The van der Waals surface area contributed by atoms with Gasteiger partial charge < -0.3 is 15.4 Å². The molecule has 0 unspecified atom stereocenters. The molecular formula is C20H24N2O3S. The second-order valence-electron chi connectivity index (χ2n) is 6.44. The minimum atomic E-state index is -0.163. The third kappa shape index (κ3) is 3.97.